The monoisotopic (exact) mass is 252 g/mol. The van der Waals surface area contributed by atoms with Gasteiger partial charge < -0.3 is 19.8 Å². The van der Waals surface area contributed by atoms with Gasteiger partial charge in [0.15, 0.2) is 12.0 Å². The van der Waals surface area contributed by atoms with Gasteiger partial charge >= 0.3 is 0 Å². The molecule has 0 aromatic carbocycles. The molecule has 0 radical (unpaired) electrons. The molecule has 2 N–H and O–H groups in total. The number of aliphatic imine (C=N–C) groups is 1. The minimum absolute atomic E-state index is 0.0298. The lowest BCUT2D eigenvalue weighted by molar-refractivity contribution is -0.0218. The van der Waals surface area contributed by atoms with Crippen LogP contribution in [0.15, 0.2) is 11.3 Å². The van der Waals surface area contributed by atoms with Crippen LogP contribution in [0.1, 0.15) is 31.0 Å². The summed E-state index contributed by atoms with van der Waals surface area (Å²) in [4.78, 5) is 10.1. The van der Waals surface area contributed by atoms with Crippen molar-refractivity contribution in [2.75, 3.05) is 13.7 Å². The first-order valence-corrected chi connectivity index (χ1v) is 5.98. The van der Waals surface area contributed by atoms with Crippen molar-refractivity contribution in [1.29, 1.82) is 0 Å². The summed E-state index contributed by atoms with van der Waals surface area (Å²) in [6.45, 7) is 0.0298. The highest BCUT2D eigenvalue weighted by Crippen LogP contribution is 2.36. The molecule has 0 aliphatic carbocycles. The van der Waals surface area contributed by atoms with Crippen LogP contribution in [0.25, 0.3) is 0 Å². The first kappa shape index (κ1) is 11.6. The molecule has 1 aromatic heterocycles. The fraction of sp³-hybridized carbons (Fsp3) is 0.636. The highest BCUT2D eigenvalue weighted by Gasteiger charge is 2.31. The number of imidazole rings is 1. The Morgan fingerprint density at radius 3 is 3.06 bits per heavy atom. The van der Waals surface area contributed by atoms with Crippen LogP contribution in [-0.4, -0.2) is 50.8 Å². The van der Waals surface area contributed by atoms with Gasteiger partial charge in [0, 0.05) is 7.05 Å². The van der Waals surface area contributed by atoms with Gasteiger partial charge in [-0.25, -0.2) is 9.98 Å². The summed E-state index contributed by atoms with van der Waals surface area (Å²) in [5.74, 6) is 0.629. The fourth-order valence-corrected chi connectivity index (χ4v) is 2.32. The quantitative estimate of drug-likeness (QED) is 0.782. The van der Waals surface area contributed by atoms with E-state index in [4.69, 9.17) is 9.84 Å². The molecular weight excluding hydrogens is 236 g/mol. The molecule has 2 aliphatic rings. The van der Waals surface area contributed by atoms with E-state index >= 15 is 0 Å². The van der Waals surface area contributed by atoms with Crippen molar-refractivity contribution in [1.82, 2.24) is 14.5 Å². The molecule has 18 heavy (non-hydrogen) atoms. The number of ether oxygens (including phenoxy) is 1. The lowest BCUT2D eigenvalue weighted by atomic mass is 10.2. The molecule has 0 unspecified atom stereocenters. The standard InChI is InChI=1S/C11H16N4O3/c1-14-5-13-10-9(11(14)17)12-6-15(10)8-3-2-7(4-16)18-8/h5-8,11,16-17H,2-4H2,1H3/t7-,8-,11+/m1/s1. The van der Waals surface area contributed by atoms with Gasteiger partial charge in [-0.1, -0.05) is 0 Å². The second-order valence-electron chi connectivity index (χ2n) is 4.62. The Balaban J connectivity index is 1.89. The second-order valence-corrected chi connectivity index (χ2v) is 4.62. The minimum Gasteiger partial charge on any atom is -0.394 e. The zero-order valence-corrected chi connectivity index (χ0v) is 10.1. The number of aliphatic hydroxyl groups excluding tert-OH is 2. The number of hydrogen-bond donors (Lipinski definition) is 2. The molecule has 0 saturated carbocycles. The summed E-state index contributed by atoms with van der Waals surface area (Å²) >= 11 is 0. The largest absolute Gasteiger partial charge is 0.394 e. The van der Waals surface area contributed by atoms with E-state index in [-0.39, 0.29) is 18.9 Å². The highest BCUT2D eigenvalue weighted by molar-refractivity contribution is 5.64. The lowest BCUT2D eigenvalue weighted by Gasteiger charge is -2.24. The van der Waals surface area contributed by atoms with Crippen molar-refractivity contribution >= 4 is 12.2 Å². The first-order valence-electron chi connectivity index (χ1n) is 5.98. The lowest BCUT2D eigenvalue weighted by Crippen LogP contribution is -2.26. The van der Waals surface area contributed by atoms with Gasteiger partial charge in [0.2, 0.25) is 0 Å². The van der Waals surface area contributed by atoms with E-state index in [1.165, 1.54) is 0 Å². The van der Waals surface area contributed by atoms with E-state index < -0.39 is 6.23 Å². The van der Waals surface area contributed by atoms with Gasteiger partial charge in [-0.05, 0) is 12.8 Å². The molecule has 3 atom stereocenters. The maximum Gasteiger partial charge on any atom is 0.174 e. The zero-order valence-electron chi connectivity index (χ0n) is 10.1. The van der Waals surface area contributed by atoms with Crippen molar-refractivity contribution in [2.45, 2.75) is 31.4 Å². The molecule has 0 bridgehead atoms. The molecule has 0 amide bonds. The Morgan fingerprint density at radius 1 is 1.50 bits per heavy atom. The number of fused-ring (bicyclic) bond motifs is 1. The Bertz CT molecular complexity index is 473. The van der Waals surface area contributed by atoms with Gasteiger partial charge in [-0.2, -0.15) is 0 Å². The molecule has 2 aliphatic heterocycles. The molecular formula is C11H16N4O3. The van der Waals surface area contributed by atoms with Crippen molar-refractivity contribution in [2.24, 2.45) is 4.99 Å². The average Bonchev–Trinajstić information content (AvgIpc) is 2.99. The molecule has 7 heteroatoms. The van der Waals surface area contributed by atoms with Gasteiger partial charge in [-0.15, -0.1) is 0 Å². The van der Waals surface area contributed by atoms with Gasteiger partial charge in [0.25, 0.3) is 0 Å². The highest BCUT2D eigenvalue weighted by atomic mass is 16.5. The van der Waals surface area contributed by atoms with Gasteiger partial charge in [-0.3, -0.25) is 4.57 Å². The number of rotatable bonds is 2. The fourth-order valence-electron chi connectivity index (χ4n) is 2.32. The van der Waals surface area contributed by atoms with Crippen LogP contribution >= 0.6 is 0 Å². The third kappa shape index (κ3) is 1.71. The van der Waals surface area contributed by atoms with Crippen LogP contribution in [0.4, 0.5) is 5.82 Å². The topological polar surface area (TPSA) is 83.1 Å². The number of aliphatic hydroxyl groups is 2. The normalized spacial score (nSPS) is 30.8. The predicted octanol–water partition coefficient (Wildman–Crippen LogP) is 0.149. The van der Waals surface area contributed by atoms with Gasteiger partial charge in [0.1, 0.15) is 11.9 Å². The van der Waals surface area contributed by atoms with E-state index in [0.717, 1.165) is 12.8 Å². The van der Waals surface area contributed by atoms with Crippen LogP contribution in [0.3, 0.4) is 0 Å². The van der Waals surface area contributed by atoms with E-state index in [1.54, 1.807) is 24.6 Å². The number of hydrogen-bond acceptors (Lipinski definition) is 6. The molecule has 3 heterocycles. The van der Waals surface area contributed by atoms with E-state index in [2.05, 4.69) is 9.98 Å². The molecule has 98 valence electrons. The molecule has 7 nitrogen and oxygen atoms in total. The molecule has 1 saturated heterocycles. The number of aromatic nitrogens is 2. The number of nitrogens with zero attached hydrogens (tertiary/aromatic N) is 4. The predicted molar refractivity (Wildman–Crippen MR) is 63.3 cm³/mol. The summed E-state index contributed by atoms with van der Waals surface area (Å²) in [6.07, 6.45) is 3.79. The summed E-state index contributed by atoms with van der Waals surface area (Å²) in [5.41, 5.74) is 0.538. The maximum atomic E-state index is 9.96. The summed E-state index contributed by atoms with van der Waals surface area (Å²) in [6, 6.07) is 0. The molecule has 3 rings (SSSR count). The third-order valence-electron chi connectivity index (χ3n) is 3.39. The zero-order chi connectivity index (χ0) is 12.7. The summed E-state index contributed by atoms with van der Waals surface area (Å²) in [5, 5.41) is 19.0. The Labute approximate surface area is 104 Å². The first-order chi connectivity index (χ1) is 8.70. The Morgan fingerprint density at radius 2 is 2.33 bits per heavy atom. The van der Waals surface area contributed by atoms with Crippen molar-refractivity contribution in [3.63, 3.8) is 0 Å². The van der Waals surface area contributed by atoms with E-state index in [1.807, 2.05) is 4.57 Å². The smallest absolute Gasteiger partial charge is 0.174 e. The van der Waals surface area contributed by atoms with E-state index in [0.29, 0.717) is 11.5 Å². The molecule has 1 fully saturated rings. The summed E-state index contributed by atoms with van der Waals surface area (Å²) < 4.78 is 7.50. The van der Waals surface area contributed by atoms with Crippen molar-refractivity contribution in [3.8, 4) is 0 Å². The Kier molecular flexibility index (Phi) is 2.81. The minimum atomic E-state index is -0.770. The van der Waals surface area contributed by atoms with Gasteiger partial charge in [0.05, 0.1) is 25.4 Å². The Hall–Kier alpha value is -1.44. The van der Waals surface area contributed by atoms with Crippen molar-refractivity contribution in [3.05, 3.63) is 12.0 Å². The van der Waals surface area contributed by atoms with Crippen molar-refractivity contribution < 1.29 is 14.9 Å². The van der Waals surface area contributed by atoms with Crippen LogP contribution in [0, 0.1) is 0 Å². The van der Waals surface area contributed by atoms with E-state index in [9.17, 15) is 5.11 Å². The van der Waals surface area contributed by atoms with Crippen LogP contribution in [0.2, 0.25) is 0 Å². The maximum absolute atomic E-state index is 9.96. The third-order valence-corrected chi connectivity index (χ3v) is 3.39. The summed E-state index contributed by atoms with van der Waals surface area (Å²) in [7, 11) is 1.74. The molecule has 0 spiro atoms. The second kappa shape index (κ2) is 4.34. The molecule has 1 aromatic rings. The van der Waals surface area contributed by atoms with Crippen LogP contribution in [0.5, 0.6) is 0 Å². The SMILES string of the molecule is CN1C=Nc2c(ncn2[C@H]2CC[C@H](CO)O2)[C@@H]1O. The average molecular weight is 252 g/mol. The van der Waals surface area contributed by atoms with Crippen LogP contribution in [-0.2, 0) is 4.74 Å². The van der Waals surface area contributed by atoms with Crippen LogP contribution < -0.4 is 0 Å².